The Labute approximate surface area is 176 Å². The van der Waals surface area contributed by atoms with Crippen molar-refractivity contribution in [2.75, 3.05) is 27.4 Å². The molecule has 0 saturated heterocycles. The molecule has 0 bridgehead atoms. The smallest absolute Gasteiger partial charge is 0.161 e. The molecule has 1 aliphatic rings. The summed E-state index contributed by atoms with van der Waals surface area (Å²) in [6, 6.07) is 9.43. The van der Waals surface area contributed by atoms with Gasteiger partial charge in [-0.1, -0.05) is 11.6 Å². The number of carbonyl (C=O) groups is 1. The predicted molar refractivity (Wildman–Crippen MR) is 115 cm³/mol. The molecule has 154 valence electrons. The van der Waals surface area contributed by atoms with Crippen molar-refractivity contribution in [1.82, 2.24) is 0 Å². The van der Waals surface area contributed by atoms with E-state index in [2.05, 4.69) is 4.99 Å². The van der Waals surface area contributed by atoms with Crippen LogP contribution in [0.4, 0.5) is 0 Å². The number of nitrogens with zero attached hydrogens (tertiary/aromatic N) is 1. The highest BCUT2D eigenvalue weighted by Gasteiger charge is 2.20. The van der Waals surface area contributed by atoms with Gasteiger partial charge in [0.15, 0.2) is 11.5 Å². The van der Waals surface area contributed by atoms with Crippen molar-refractivity contribution in [3.8, 4) is 17.2 Å². The molecular weight excluding hydrogens is 390 g/mol. The summed E-state index contributed by atoms with van der Waals surface area (Å²) in [5.41, 5.74) is 3.94. The van der Waals surface area contributed by atoms with Crippen molar-refractivity contribution in [1.29, 1.82) is 0 Å². The quantitative estimate of drug-likeness (QED) is 0.550. The second-order valence-electron chi connectivity index (χ2n) is 7.02. The van der Waals surface area contributed by atoms with Gasteiger partial charge in [0.05, 0.1) is 20.8 Å². The van der Waals surface area contributed by atoms with E-state index < -0.39 is 0 Å². The fourth-order valence-corrected chi connectivity index (χ4v) is 3.67. The van der Waals surface area contributed by atoms with Crippen LogP contribution in [-0.4, -0.2) is 38.9 Å². The zero-order valence-electron chi connectivity index (χ0n) is 17.1. The molecule has 0 fully saturated rings. The fourth-order valence-electron chi connectivity index (χ4n) is 3.45. The summed E-state index contributed by atoms with van der Waals surface area (Å²) < 4.78 is 16.6. The van der Waals surface area contributed by atoms with E-state index in [4.69, 9.17) is 25.8 Å². The van der Waals surface area contributed by atoms with Crippen LogP contribution in [0, 0.1) is 6.92 Å². The number of rotatable bonds is 9. The molecule has 5 nitrogen and oxygen atoms in total. The van der Waals surface area contributed by atoms with Crippen LogP contribution in [0.2, 0.25) is 5.02 Å². The number of aryl methyl sites for hydroxylation is 1. The lowest BCUT2D eigenvalue weighted by Gasteiger charge is -2.19. The first kappa shape index (κ1) is 21.2. The van der Waals surface area contributed by atoms with Crippen molar-refractivity contribution < 1.29 is 19.0 Å². The Bertz CT molecular complexity index is 923. The molecule has 0 radical (unpaired) electrons. The third-order valence-corrected chi connectivity index (χ3v) is 5.20. The van der Waals surface area contributed by atoms with E-state index in [-0.39, 0.29) is 5.78 Å². The molecule has 0 amide bonds. The molecule has 1 heterocycles. The van der Waals surface area contributed by atoms with Crippen molar-refractivity contribution >= 4 is 23.1 Å². The monoisotopic (exact) mass is 415 g/mol. The van der Waals surface area contributed by atoms with E-state index >= 15 is 0 Å². The van der Waals surface area contributed by atoms with Gasteiger partial charge in [0.2, 0.25) is 0 Å². The van der Waals surface area contributed by atoms with Crippen LogP contribution in [0.3, 0.4) is 0 Å². The maximum absolute atomic E-state index is 12.5. The summed E-state index contributed by atoms with van der Waals surface area (Å²) in [5.74, 6) is 2.31. The minimum absolute atomic E-state index is 0.155. The number of ketones is 1. The molecular formula is C23H26ClNO4. The number of hydrogen-bond acceptors (Lipinski definition) is 5. The first-order valence-electron chi connectivity index (χ1n) is 9.71. The van der Waals surface area contributed by atoms with E-state index in [1.165, 1.54) is 0 Å². The number of hydrogen-bond donors (Lipinski definition) is 0. The largest absolute Gasteiger partial charge is 0.493 e. The molecule has 0 saturated carbocycles. The van der Waals surface area contributed by atoms with Gasteiger partial charge in [0.25, 0.3) is 0 Å². The van der Waals surface area contributed by atoms with Gasteiger partial charge in [-0.15, -0.1) is 0 Å². The summed E-state index contributed by atoms with van der Waals surface area (Å²) >= 11 is 5.96. The molecule has 2 aromatic rings. The zero-order chi connectivity index (χ0) is 20.8. The number of Topliss-reactive ketones (excluding diaryl/α,β-unsaturated/α-hetero) is 1. The number of fused-ring (bicyclic) bond motifs is 1. The molecule has 0 unspecified atom stereocenters. The maximum Gasteiger partial charge on any atom is 0.161 e. The van der Waals surface area contributed by atoms with E-state index in [0.717, 1.165) is 34.6 Å². The molecule has 3 rings (SSSR count). The number of carbonyl (C=O) groups excluding carboxylic acids is 1. The summed E-state index contributed by atoms with van der Waals surface area (Å²) in [6.07, 6.45) is 2.27. The number of aliphatic imine (C=N–C) groups is 1. The first-order chi connectivity index (χ1) is 14.0. The van der Waals surface area contributed by atoms with E-state index in [1.54, 1.807) is 20.3 Å². The normalized spacial score (nSPS) is 12.8. The highest BCUT2D eigenvalue weighted by molar-refractivity contribution is 6.30. The van der Waals surface area contributed by atoms with Crippen LogP contribution in [0.25, 0.3) is 0 Å². The van der Waals surface area contributed by atoms with Crippen molar-refractivity contribution in [3.05, 3.63) is 52.0 Å². The van der Waals surface area contributed by atoms with Crippen molar-refractivity contribution in [3.63, 3.8) is 0 Å². The summed E-state index contributed by atoms with van der Waals surface area (Å²) in [5, 5.41) is 0.688. The average Bonchev–Trinajstić information content (AvgIpc) is 2.71. The topological polar surface area (TPSA) is 57.1 Å². The van der Waals surface area contributed by atoms with Crippen LogP contribution in [0.15, 0.2) is 35.3 Å². The SMILES string of the molecule is COc1cc2c(cc1OC)C(CC(=O)CCCOc1ccc(Cl)cc1C)=NCC2. The fraction of sp³-hybridized carbons (Fsp3) is 0.391. The minimum atomic E-state index is 0.155. The summed E-state index contributed by atoms with van der Waals surface area (Å²) in [6.45, 7) is 3.13. The Morgan fingerprint density at radius 2 is 1.86 bits per heavy atom. The lowest BCUT2D eigenvalue weighted by molar-refractivity contribution is -0.118. The first-order valence-corrected chi connectivity index (χ1v) is 10.1. The van der Waals surface area contributed by atoms with E-state index in [1.807, 2.05) is 31.2 Å². The van der Waals surface area contributed by atoms with Gasteiger partial charge in [-0.3, -0.25) is 9.79 Å². The average molecular weight is 416 g/mol. The lowest BCUT2D eigenvalue weighted by atomic mass is 9.93. The molecule has 1 aliphatic heterocycles. The molecule has 0 atom stereocenters. The molecule has 0 N–H and O–H groups in total. The van der Waals surface area contributed by atoms with Crippen LogP contribution in [-0.2, 0) is 11.2 Å². The summed E-state index contributed by atoms with van der Waals surface area (Å²) in [7, 11) is 3.23. The highest BCUT2D eigenvalue weighted by Crippen LogP contribution is 2.33. The lowest BCUT2D eigenvalue weighted by Crippen LogP contribution is -2.17. The van der Waals surface area contributed by atoms with Gasteiger partial charge in [0.1, 0.15) is 11.5 Å². The number of benzene rings is 2. The van der Waals surface area contributed by atoms with Crippen LogP contribution in [0.1, 0.15) is 36.0 Å². The van der Waals surface area contributed by atoms with Gasteiger partial charge >= 0.3 is 0 Å². The molecule has 29 heavy (non-hydrogen) atoms. The van der Waals surface area contributed by atoms with Crippen molar-refractivity contribution in [2.24, 2.45) is 4.99 Å². The Morgan fingerprint density at radius 1 is 1.10 bits per heavy atom. The highest BCUT2D eigenvalue weighted by atomic mass is 35.5. The number of ether oxygens (including phenoxy) is 3. The van der Waals surface area contributed by atoms with Crippen LogP contribution < -0.4 is 14.2 Å². The predicted octanol–water partition coefficient (Wildman–Crippen LogP) is 4.83. The summed E-state index contributed by atoms with van der Waals surface area (Å²) in [4.78, 5) is 17.1. The second-order valence-corrected chi connectivity index (χ2v) is 7.46. The van der Waals surface area contributed by atoms with E-state index in [0.29, 0.717) is 48.9 Å². The van der Waals surface area contributed by atoms with Gasteiger partial charge in [-0.2, -0.15) is 0 Å². The molecule has 0 aliphatic carbocycles. The van der Waals surface area contributed by atoms with Gasteiger partial charge in [-0.25, -0.2) is 0 Å². The van der Waals surface area contributed by atoms with Gasteiger partial charge in [0, 0.05) is 35.7 Å². The third-order valence-electron chi connectivity index (χ3n) is 4.96. The second kappa shape index (κ2) is 9.79. The van der Waals surface area contributed by atoms with Crippen LogP contribution >= 0.6 is 11.6 Å². The molecule has 0 aromatic heterocycles. The Hall–Kier alpha value is -2.53. The van der Waals surface area contributed by atoms with Crippen LogP contribution in [0.5, 0.6) is 17.2 Å². The molecule has 6 heteroatoms. The molecule has 2 aromatic carbocycles. The Balaban J connectivity index is 1.55. The standard InChI is InChI=1S/C23H26ClNO4/c1-15-11-17(24)6-7-21(15)29-10-4-5-18(26)13-20-19-14-23(28-3)22(27-2)12-16(19)8-9-25-20/h6-7,11-12,14H,4-5,8-10,13H2,1-3H3. The van der Waals surface area contributed by atoms with E-state index in [9.17, 15) is 4.79 Å². The van der Waals surface area contributed by atoms with Crippen molar-refractivity contribution in [2.45, 2.75) is 32.6 Å². The Kier molecular flexibility index (Phi) is 7.15. The Morgan fingerprint density at radius 3 is 2.59 bits per heavy atom. The third kappa shape index (κ3) is 5.30. The maximum atomic E-state index is 12.5. The number of halogens is 1. The minimum Gasteiger partial charge on any atom is -0.493 e. The molecule has 0 spiro atoms. The number of methoxy groups -OCH3 is 2. The zero-order valence-corrected chi connectivity index (χ0v) is 17.8. The van der Waals surface area contributed by atoms with Gasteiger partial charge in [-0.05, 0) is 61.2 Å². The van der Waals surface area contributed by atoms with Gasteiger partial charge < -0.3 is 14.2 Å².